The first-order chi connectivity index (χ1) is 16.8. The van der Waals surface area contributed by atoms with Gasteiger partial charge in [-0.05, 0) is 43.3 Å². The summed E-state index contributed by atoms with van der Waals surface area (Å²) >= 11 is 6.04. The minimum atomic E-state index is -0.354. The van der Waals surface area contributed by atoms with Crippen LogP contribution in [0.25, 0.3) is 16.9 Å². The van der Waals surface area contributed by atoms with Crippen LogP contribution in [0.1, 0.15) is 25.2 Å². The molecule has 0 aliphatic carbocycles. The van der Waals surface area contributed by atoms with E-state index in [1.807, 2.05) is 54.1 Å². The van der Waals surface area contributed by atoms with Crippen LogP contribution in [0.3, 0.4) is 0 Å². The predicted octanol–water partition coefficient (Wildman–Crippen LogP) is 5.72. The van der Waals surface area contributed by atoms with Crippen LogP contribution in [0.15, 0.2) is 77.5 Å². The number of amides is 2. The molecule has 4 rings (SSSR count). The number of aryl methyl sites for hydroxylation is 1. The highest BCUT2D eigenvalue weighted by Crippen LogP contribution is 2.26. The van der Waals surface area contributed by atoms with E-state index in [0.717, 1.165) is 16.8 Å². The number of aromatic nitrogens is 2. The molecule has 7 nitrogen and oxygen atoms in total. The second-order valence-electron chi connectivity index (χ2n) is 8.64. The first-order valence-corrected chi connectivity index (χ1v) is 11.7. The Kier molecular flexibility index (Phi) is 7.36. The maximum Gasteiger partial charge on any atom is 0.246 e. The topological polar surface area (TPSA) is 80.4 Å². The van der Waals surface area contributed by atoms with Gasteiger partial charge in [0.25, 0.3) is 0 Å². The van der Waals surface area contributed by atoms with Crippen LogP contribution in [-0.4, -0.2) is 32.8 Å². The molecule has 2 amide bonds. The molecular weight excluding hydrogens is 464 g/mol. The molecule has 4 aromatic rings. The van der Waals surface area contributed by atoms with Gasteiger partial charge in [-0.2, -0.15) is 0 Å². The van der Waals surface area contributed by atoms with E-state index < -0.39 is 0 Å². The average molecular weight is 491 g/mol. The lowest BCUT2D eigenvalue weighted by Crippen LogP contribution is -2.39. The van der Waals surface area contributed by atoms with Crippen LogP contribution >= 0.6 is 11.6 Å². The van der Waals surface area contributed by atoms with Crippen molar-refractivity contribution in [3.05, 3.63) is 89.5 Å². The summed E-state index contributed by atoms with van der Waals surface area (Å²) in [5.74, 6) is 0.216. The lowest BCUT2D eigenvalue weighted by Gasteiger charge is -2.23. The summed E-state index contributed by atoms with van der Waals surface area (Å²) in [7, 11) is 0. The molecule has 2 aromatic heterocycles. The van der Waals surface area contributed by atoms with E-state index in [4.69, 9.17) is 16.0 Å². The van der Waals surface area contributed by atoms with Crippen molar-refractivity contribution in [2.45, 2.75) is 27.3 Å². The zero-order valence-corrected chi connectivity index (χ0v) is 20.6. The molecule has 0 aliphatic heterocycles. The van der Waals surface area contributed by atoms with Crippen LogP contribution in [0.2, 0.25) is 5.02 Å². The number of halogens is 1. The summed E-state index contributed by atoms with van der Waals surface area (Å²) in [6, 6.07) is 18.8. The van der Waals surface area contributed by atoms with Crippen LogP contribution in [0, 0.1) is 12.8 Å². The third kappa shape index (κ3) is 6.00. The summed E-state index contributed by atoms with van der Waals surface area (Å²) in [5.41, 5.74) is 3.52. The number of carbonyl (C=O) groups excluding carboxylic acids is 2. The van der Waals surface area contributed by atoms with Gasteiger partial charge in [-0.1, -0.05) is 55.3 Å². The standard InChI is InChI=1S/C27H27ClN4O3/c1-18(2)26(34)31(15-23-5-4-14-35-23)17-25(33)30-27-29-24(20-8-10-21(28)11-9-20)16-32(27)22-12-6-19(3)7-13-22/h4-14,16,18H,15,17H2,1-3H3,(H,29,30,33). The molecule has 35 heavy (non-hydrogen) atoms. The molecular formula is C27H27ClN4O3. The van der Waals surface area contributed by atoms with Gasteiger partial charge in [-0.15, -0.1) is 0 Å². The summed E-state index contributed by atoms with van der Waals surface area (Å²) in [6.45, 7) is 5.70. The molecule has 0 aliphatic rings. The largest absolute Gasteiger partial charge is 0.467 e. The monoisotopic (exact) mass is 490 g/mol. The number of imidazole rings is 1. The minimum Gasteiger partial charge on any atom is -0.467 e. The second kappa shape index (κ2) is 10.6. The van der Waals surface area contributed by atoms with E-state index in [9.17, 15) is 9.59 Å². The number of hydrogen-bond acceptors (Lipinski definition) is 4. The highest BCUT2D eigenvalue weighted by Gasteiger charge is 2.22. The first kappa shape index (κ1) is 24.3. The van der Waals surface area contributed by atoms with E-state index in [0.29, 0.717) is 22.4 Å². The first-order valence-electron chi connectivity index (χ1n) is 11.3. The van der Waals surface area contributed by atoms with Gasteiger partial charge in [0.1, 0.15) is 12.3 Å². The molecule has 0 saturated heterocycles. The number of furan rings is 1. The van der Waals surface area contributed by atoms with E-state index >= 15 is 0 Å². The lowest BCUT2D eigenvalue weighted by molar-refractivity contribution is -0.138. The molecule has 2 heterocycles. The van der Waals surface area contributed by atoms with Crippen molar-refractivity contribution < 1.29 is 14.0 Å². The minimum absolute atomic E-state index is 0.130. The summed E-state index contributed by atoms with van der Waals surface area (Å²) < 4.78 is 7.21. The number of benzene rings is 2. The number of hydrogen-bond donors (Lipinski definition) is 1. The van der Waals surface area contributed by atoms with Gasteiger partial charge in [0, 0.05) is 28.4 Å². The summed E-state index contributed by atoms with van der Waals surface area (Å²) in [6.07, 6.45) is 3.41. The van der Waals surface area contributed by atoms with Crippen LogP contribution in [0.5, 0.6) is 0 Å². The smallest absolute Gasteiger partial charge is 0.246 e. The number of nitrogens with one attached hydrogen (secondary N) is 1. The lowest BCUT2D eigenvalue weighted by atomic mass is 10.2. The second-order valence-corrected chi connectivity index (χ2v) is 9.08. The highest BCUT2D eigenvalue weighted by atomic mass is 35.5. The van der Waals surface area contributed by atoms with Gasteiger partial charge in [-0.25, -0.2) is 4.98 Å². The van der Waals surface area contributed by atoms with Crippen molar-refractivity contribution in [2.24, 2.45) is 5.92 Å². The third-order valence-corrected chi connectivity index (χ3v) is 5.73. The molecule has 0 spiro atoms. The molecule has 0 fully saturated rings. The normalized spacial score (nSPS) is 11.0. The van der Waals surface area contributed by atoms with E-state index in [1.165, 1.54) is 4.90 Å². The molecule has 0 bridgehead atoms. The van der Waals surface area contributed by atoms with Crippen molar-refractivity contribution >= 4 is 29.4 Å². The maximum absolute atomic E-state index is 13.1. The molecule has 1 N–H and O–H groups in total. The molecule has 0 saturated carbocycles. The fraction of sp³-hybridized carbons (Fsp3) is 0.222. The van der Waals surface area contributed by atoms with Crippen molar-refractivity contribution in [3.63, 3.8) is 0 Å². The van der Waals surface area contributed by atoms with Gasteiger partial charge in [0.2, 0.25) is 17.8 Å². The van der Waals surface area contributed by atoms with Gasteiger partial charge >= 0.3 is 0 Å². The van der Waals surface area contributed by atoms with E-state index in [1.54, 1.807) is 44.4 Å². The summed E-state index contributed by atoms with van der Waals surface area (Å²) in [5, 5.41) is 3.52. The molecule has 8 heteroatoms. The number of nitrogens with zero attached hydrogens (tertiary/aromatic N) is 3. The average Bonchev–Trinajstić information content (AvgIpc) is 3.49. The Bertz CT molecular complexity index is 1290. The zero-order valence-electron chi connectivity index (χ0n) is 19.9. The Morgan fingerprint density at radius 2 is 1.80 bits per heavy atom. The zero-order chi connectivity index (χ0) is 24.9. The molecule has 180 valence electrons. The van der Waals surface area contributed by atoms with Gasteiger partial charge < -0.3 is 9.32 Å². The van der Waals surface area contributed by atoms with E-state index in [2.05, 4.69) is 10.3 Å². The quantitative estimate of drug-likeness (QED) is 0.342. The Balaban J connectivity index is 1.61. The number of rotatable bonds is 8. The SMILES string of the molecule is Cc1ccc(-n2cc(-c3ccc(Cl)cc3)nc2NC(=O)CN(Cc2ccco2)C(=O)C(C)C)cc1. The molecule has 0 atom stereocenters. The number of carbonyl (C=O) groups is 2. The van der Waals surface area contributed by atoms with Crippen molar-refractivity contribution in [2.75, 3.05) is 11.9 Å². The van der Waals surface area contributed by atoms with Crippen molar-refractivity contribution in [1.82, 2.24) is 14.5 Å². The Hall–Kier alpha value is -3.84. The number of anilines is 1. The highest BCUT2D eigenvalue weighted by molar-refractivity contribution is 6.30. The van der Waals surface area contributed by atoms with Crippen molar-refractivity contribution in [3.8, 4) is 16.9 Å². The molecule has 2 aromatic carbocycles. The Morgan fingerprint density at radius 1 is 1.09 bits per heavy atom. The van der Waals surface area contributed by atoms with Gasteiger partial charge in [0.05, 0.1) is 18.5 Å². The fourth-order valence-electron chi connectivity index (χ4n) is 3.64. The van der Waals surface area contributed by atoms with Crippen LogP contribution in [0.4, 0.5) is 5.95 Å². The predicted molar refractivity (Wildman–Crippen MR) is 136 cm³/mol. The van der Waals surface area contributed by atoms with Crippen molar-refractivity contribution in [1.29, 1.82) is 0 Å². The van der Waals surface area contributed by atoms with Crippen LogP contribution < -0.4 is 5.32 Å². The van der Waals surface area contributed by atoms with Crippen LogP contribution in [-0.2, 0) is 16.1 Å². The van der Waals surface area contributed by atoms with Gasteiger partial charge in [0.15, 0.2) is 0 Å². The Labute approximate surface area is 209 Å². The molecule has 0 unspecified atom stereocenters. The maximum atomic E-state index is 13.1. The summed E-state index contributed by atoms with van der Waals surface area (Å²) in [4.78, 5) is 32.0. The third-order valence-electron chi connectivity index (χ3n) is 5.48. The Morgan fingerprint density at radius 3 is 2.43 bits per heavy atom. The molecule has 0 radical (unpaired) electrons. The fourth-order valence-corrected chi connectivity index (χ4v) is 3.76. The van der Waals surface area contributed by atoms with E-state index in [-0.39, 0.29) is 30.8 Å². The van der Waals surface area contributed by atoms with Gasteiger partial charge in [-0.3, -0.25) is 19.5 Å².